The van der Waals surface area contributed by atoms with Crippen LogP contribution in [0.3, 0.4) is 0 Å². The minimum atomic E-state index is 0.278. The third-order valence-corrected chi connectivity index (χ3v) is 4.57. The lowest BCUT2D eigenvalue weighted by molar-refractivity contribution is -0.120. The van der Waals surface area contributed by atoms with Crippen molar-refractivity contribution < 1.29 is 4.79 Å². The fourth-order valence-corrected chi connectivity index (χ4v) is 3.59. The van der Waals surface area contributed by atoms with Gasteiger partial charge in [0.15, 0.2) is 0 Å². The molecule has 0 saturated heterocycles. The number of rotatable bonds is 5. The topological polar surface area (TPSA) is 20.3 Å². The molecular formula is C15H21NOS. The minimum Gasteiger partial charge on any atom is -0.337 e. The largest absolute Gasteiger partial charge is 0.337 e. The summed E-state index contributed by atoms with van der Waals surface area (Å²) in [5.41, 5.74) is 1.34. The first kappa shape index (κ1) is 13.5. The van der Waals surface area contributed by atoms with Crippen molar-refractivity contribution >= 4 is 18.2 Å². The van der Waals surface area contributed by atoms with Crippen molar-refractivity contribution in [2.45, 2.75) is 43.5 Å². The highest BCUT2D eigenvalue weighted by Crippen LogP contribution is 2.36. The number of benzene rings is 1. The molecule has 0 aliphatic carbocycles. The van der Waals surface area contributed by atoms with Crippen LogP contribution in [0.1, 0.15) is 44.2 Å². The number of nitrogens with zero attached hydrogens (tertiary/aromatic N) is 1. The zero-order chi connectivity index (χ0) is 12.8. The number of thioether (sulfide) groups is 1. The lowest BCUT2D eigenvalue weighted by atomic mass is 9.99. The van der Waals surface area contributed by atoms with Crippen LogP contribution in [0.5, 0.6) is 0 Å². The fourth-order valence-electron chi connectivity index (χ4n) is 2.52. The molecule has 3 heteroatoms. The summed E-state index contributed by atoms with van der Waals surface area (Å²) in [7, 11) is 0. The van der Waals surface area contributed by atoms with Gasteiger partial charge >= 0.3 is 0 Å². The Morgan fingerprint density at radius 3 is 3.00 bits per heavy atom. The van der Waals surface area contributed by atoms with Crippen LogP contribution in [0, 0.1) is 0 Å². The van der Waals surface area contributed by atoms with Crippen molar-refractivity contribution in [3.8, 4) is 0 Å². The lowest BCUT2D eigenvalue weighted by Crippen LogP contribution is -2.28. The van der Waals surface area contributed by atoms with Crippen molar-refractivity contribution in [1.82, 2.24) is 4.90 Å². The smallest absolute Gasteiger partial charge is 0.210 e. The van der Waals surface area contributed by atoms with Crippen LogP contribution in [0.25, 0.3) is 0 Å². The molecule has 1 heterocycles. The zero-order valence-electron chi connectivity index (χ0n) is 11.0. The van der Waals surface area contributed by atoms with Gasteiger partial charge in [0.25, 0.3) is 0 Å². The van der Waals surface area contributed by atoms with E-state index >= 15 is 0 Å². The first-order chi connectivity index (χ1) is 8.86. The maximum absolute atomic E-state index is 11.3. The third kappa shape index (κ3) is 3.08. The van der Waals surface area contributed by atoms with E-state index in [4.69, 9.17) is 0 Å². The second kappa shape index (κ2) is 6.83. The van der Waals surface area contributed by atoms with Gasteiger partial charge in [0, 0.05) is 17.2 Å². The Hall–Kier alpha value is -0.960. The Morgan fingerprint density at radius 2 is 2.22 bits per heavy atom. The second-order valence-electron chi connectivity index (χ2n) is 4.74. The van der Waals surface area contributed by atoms with Crippen LogP contribution in [0.4, 0.5) is 0 Å². The van der Waals surface area contributed by atoms with E-state index < -0.39 is 0 Å². The molecule has 0 aromatic heterocycles. The van der Waals surface area contributed by atoms with Gasteiger partial charge in [0.05, 0.1) is 6.04 Å². The normalized spacial score (nSPS) is 19.2. The van der Waals surface area contributed by atoms with Gasteiger partial charge in [0.2, 0.25) is 6.41 Å². The van der Waals surface area contributed by atoms with Crippen LogP contribution in [0.2, 0.25) is 0 Å². The van der Waals surface area contributed by atoms with Gasteiger partial charge in [-0.1, -0.05) is 44.4 Å². The van der Waals surface area contributed by atoms with Crippen LogP contribution in [-0.2, 0) is 4.79 Å². The van der Waals surface area contributed by atoms with Crippen molar-refractivity contribution in [3.05, 3.63) is 29.8 Å². The maximum Gasteiger partial charge on any atom is 0.210 e. The summed E-state index contributed by atoms with van der Waals surface area (Å²) in [4.78, 5) is 14.6. The molecule has 1 aliphatic heterocycles. The van der Waals surface area contributed by atoms with Crippen LogP contribution in [-0.4, -0.2) is 23.6 Å². The van der Waals surface area contributed by atoms with E-state index in [1.165, 1.54) is 29.7 Å². The van der Waals surface area contributed by atoms with Gasteiger partial charge in [-0.2, -0.15) is 0 Å². The molecule has 2 nitrogen and oxygen atoms in total. The maximum atomic E-state index is 11.3. The van der Waals surface area contributed by atoms with E-state index in [9.17, 15) is 4.79 Å². The summed E-state index contributed by atoms with van der Waals surface area (Å²) in [6.45, 7) is 3.08. The molecule has 98 valence electrons. The molecule has 1 aromatic rings. The number of amides is 1. The van der Waals surface area contributed by atoms with Crippen molar-refractivity contribution in [2.24, 2.45) is 0 Å². The van der Waals surface area contributed by atoms with Crippen molar-refractivity contribution in [1.29, 1.82) is 0 Å². The van der Waals surface area contributed by atoms with E-state index in [2.05, 4.69) is 31.2 Å². The van der Waals surface area contributed by atoms with Crippen LogP contribution in [0.15, 0.2) is 29.2 Å². The Bertz CT molecular complexity index is 394. The fraction of sp³-hybridized carbons (Fsp3) is 0.533. The number of hydrogen-bond acceptors (Lipinski definition) is 2. The van der Waals surface area contributed by atoms with E-state index in [1.807, 2.05) is 16.7 Å². The number of carbonyl (C=O) groups excluding carboxylic acids is 1. The van der Waals surface area contributed by atoms with Crippen LogP contribution < -0.4 is 0 Å². The van der Waals surface area contributed by atoms with E-state index in [1.54, 1.807) is 0 Å². The average Bonchev–Trinajstić information content (AvgIpc) is 2.58. The van der Waals surface area contributed by atoms with E-state index in [0.29, 0.717) is 0 Å². The highest BCUT2D eigenvalue weighted by Gasteiger charge is 2.23. The van der Waals surface area contributed by atoms with E-state index in [-0.39, 0.29) is 6.04 Å². The summed E-state index contributed by atoms with van der Waals surface area (Å²) >= 11 is 1.87. The summed E-state index contributed by atoms with van der Waals surface area (Å²) in [5.74, 6) is 1.00. The van der Waals surface area contributed by atoms with Gasteiger partial charge in [-0.15, -0.1) is 11.8 Å². The molecule has 1 atom stereocenters. The van der Waals surface area contributed by atoms with Crippen LogP contribution >= 0.6 is 11.8 Å². The van der Waals surface area contributed by atoms with Gasteiger partial charge in [-0.05, 0) is 18.1 Å². The van der Waals surface area contributed by atoms with Gasteiger partial charge in [-0.25, -0.2) is 0 Å². The second-order valence-corrected chi connectivity index (χ2v) is 5.88. The molecular weight excluding hydrogens is 242 g/mol. The highest BCUT2D eigenvalue weighted by atomic mass is 32.2. The molecule has 18 heavy (non-hydrogen) atoms. The number of fused-ring (bicyclic) bond motifs is 1. The lowest BCUT2D eigenvalue weighted by Gasteiger charge is -2.27. The Balaban J connectivity index is 2.21. The molecule has 1 aromatic carbocycles. The summed E-state index contributed by atoms with van der Waals surface area (Å²) in [6.07, 6.45) is 5.79. The van der Waals surface area contributed by atoms with Gasteiger partial charge in [-0.3, -0.25) is 4.79 Å². The SMILES string of the molecule is CCCCCC1c2ccccc2SCCN1C=O. The first-order valence-corrected chi connectivity index (χ1v) is 7.78. The quantitative estimate of drug-likeness (QED) is 0.593. The average molecular weight is 263 g/mol. The van der Waals surface area contributed by atoms with Gasteiger partial charge in [0.1, 0.15) is 0 Å². The molecule has 0 bridgehead atoms. The predicted molar refractivity (Wildman–Crippen MR) is 76.8 cm³/mol. The molecule has 2 rings (SSSR count). The molecule has 1 unspecified atom stereocenters. The zero-order valence-corrected chi connectivity index (χ0v) is 11.8. The summed E-state index contributed by atoms with van der Waals surface area (Å²) < 4.78 is 0. The third-order valence-electron chi connectivity index (χ3n) is 3.50. The predicted octanol–water partition coefficient (Wildman–Crippen LogP) is 3.87. The first-order valence-electron chi connectivity index (χ1n) is 6.79. The number of hydrogen-bond donors (Lipinski definition) is 0. The van der Waals surface area contributed by atoms with Crippen molar-refractivity contribution in [2.75, 3.05) is 12.3 Å². The standard InChI is InChI=1S/C15H21NOS/c1-2-3-4-8-14-13-7-5-6-9-15(13)18-11-10-16(14)12-17/h5-7,9,12,14H,2-4,8,10-11H2,1H3. The Kier molecular flexibility index (Phi) is 5.12. The summed E-state index contributed by atoms with van der Waals surface area (Å²) in [5, 5.41) is 0. The molecule has 0 saturated carbocycles. The number of carbonyl (C=O) groups is 1. The molecule has 0 fully saturated rings. The summed E-state index contributed by atoms with van der Waals surface area (Å²) in [6, 6.07) is 8.81. The molecule has 0 spiro atoms. The monoisotopic (exact) mass is 263 g/mol. The molecule has 1 aliphatic rings. The Morgan fingerprint density at radius 1 is 1.39 bits per heavy atom. The van der Waals surface area contributed by atoms with Crippen molar-refractivity contribution in [3.63, 3.8) is 0 Å². The Labute approximate surface area is 114 Å². The number of unbranched alkanes of at least 4 members (excludes halogenated alkanes) is 2. The molecule has 0 N–H and O–H groups in total. The highest BCUT2D eigenvalue weighted by molar-refractivity contribution is 7.99. The van der Waals surface area contributed by atoms with Gasteiger partial charge < -0.3 is 4.90 Å². The molecule has 0 radical (unpaired) electrons. The minimum absolute atomic E-state index is 0.278. The molecule has 1 amide bonds. The van der Waals surface area contributed by atoms with E-state index in [0.717, 1.165) is 25.1 Å².